The lowest BCUT2D eigenvalue weighted by Crippen LogP contribution is -2.12. The molecule has 0 unspecified atom stereocenters. The van der Waals surface area contributed by atoms with Crippen LogP contribution in [-0.4, -0.2) is 0 Å². The zero-order valence-corrected chi connectivity index (χ0v) is 39.2. The lowest BCUT2D eigenvalue weighted by Gasteiger charge is -2.29. The van der Waals surface area contributed by atoms with Crippen molar-refractivity contribution < 1.29 is 0 Å². The highest BCUT2D eigenvalue weighted by Crippen LogP contribution is 2.45. The number of benzene rings is 11. The molecule has 0 saturated carbocycles. The van der Waals surface area contributed by atoms with Gasteiger partial charge in [-0.3, -0.25) is 0 Å². The van der Waals surface area contributed by atoms with Crippen molar-refractivity contribution in [3.8, 4) is 33.4 Å². The van der Waals surface area contributed by atoms with Gasteiger partial charge < -0.3 is 14.7 Å². The molecule has 0 aliphatic carbocycles. The first-order chi connectivity index (χ1) is 34.7. The van der Waals surface area contributed by atoms with Gasteiger partial charge in [-0.25, -0.2) is 0 Å². The van der Waals surface area contributed by atoms with Crippen LogP contribution in [0.4, 0.5) is 51.2 Å². The van der Waals surface area contributed by atoms with Crippen molar-refractivity contribution in [2.45, 2.75) is 0 Å². The van der Waals surface area contributed by atoms with Gasteiger partial charge in [0.05, 0.1) is 0 Å². The Hall–Kier alpha value is -8.96. The Balaban J connectivity index is 0.962. The highest BCUT2D eigenvalue weighted by molar-refractivity contribution is 7.25. The minimum absolute atomic E-state index is 1.07. The molecule has 0 spiro atoms. The Kier molecular flexibility index (Phi) is 11.5. The highest BCUT2D eigenvalue weighted by atomic mass is 32.1. The Morgan fingerprint density at radius 3 is 0.986 bits per heavy atom. The van der Waals surface area contributed by atoms with E-state index in [4.69, 9.17) is 0 Å². The third kappa shape index (κ3) is 8.49. The summed E-state index contributed by atoms with van der Waals surface area (Å²) >= 11 is 1.84. The van der Waals surface area contributed by atoms with Gasteiger partial charge in [0, 0.05) is 71.4 Å². The van der Waals surface area contributed by atoms with Crippen LogP contribution in [0.15, 0.2) is 285 Å². The molecule has 0 fully saturated rings. The van der Waals surface area contributed by atoms with E-state index in [2.05, 4.69) is 300 Å². The van der Waals surface area contributed by atoms with Gasteiger partial charge in [-0.15, -0.1) is 11.3 Å². The largest absolute Gasteiger partial charge is 0.310 e. The van der Waals surface area contributed by atoms with Crippen LogP contribution in [-0.2, 0) is 0 Å². The second kappa shape index (κ2) is 19.0. The molecule has 0 amide bonds. The van der Waals surface area contributed by atoms with Gasteiger partial charge in [-0.2, -0.15) is 0 Å². The van der Waals surface area contributed by atoms with Crippen LogP contribution in [0.1, 0.15) is 0 Å². The number of fused-ring (bicyclic) bond motifs is 3. The summed E-state index contributed by atoms with van der Waals surface area (Å²) in [5.41, 5.74) is 16.9. The van der Waals surface area contributed by atoms with E-state index in [1.165, 1.54) is 53.6 Å². The van der Waals surface area contributed by atoms with E-state index in [9.17, 15) is 0 Å². The fraction of sp³-hybridized carbons (Fsp3) is 0. The average molecular weight is 914 g/mol. The Morgan fingerprint density at radius 2 is 0.500 bits per heavy atom. The minimum atomic E-state index is 1.07. The van der Waals surface area contributed by atoms with Gasteiger partial charge in [-0.1, -0.05) is 170 Å². The molecule has 4 heteroatoms. The molecule has 3 nitrogen and oxygen atoms in total. The van der Waals surface area contributed by atoms with Crippen LogP contribution >= 0.6 is 11.3 Å². The van der Waals surface area contributed by atoms with Gasteiger partial charge in [0.15, 0.2) is 0 Å². The van der Waals surface area contributed by atoms with Gasteiger partial charge >= 0.3 is 0 Å². The summed E-state index contributed by atoms with van der Waals surface area (Å²) in [5, 5.41) is 2.49. The number of thiophene rings is 1. The second-order valence-corrected chi connectivity index (χ2v) is 18.5. The number of para-hydroxylation sites is 2. The minimum Gasteiger partial charge on any atom is -0.310 e. The summed E-state index contributed by atoms with van der Waals surface area (Å²) in [6, 6.07) is 103. The zero-order chi connectivity index (χ0) is 46.6. The predicted molar refractivity (Wildman–Crippen MR) is 300 cm³/mol. The summed E-state index contributed by atoms with van der Waals surface area (Å²) in [6.45, 7) is 0. The van der Waals surface area contributed by atoms with Crippen LogP contribution in [0, 0.1) is 0 Å². The third-order valence-electron chi connectivity index (χ3n) is 13.0. The molecular weight excluding hydrogens is 867 g/mol. The first-order valence-electron chi connectivity index (χ1n) is 23.7. The molecule has 12 rings (SSSR count). The molecule has 70 heavy (non-hydrogen) atoms. The summed E-state index contributed by atoms with van der Waals surface area (Å²) in [4.78, 5) is 7.09. The fourth-order valence-electron chi connectivity index (χ4n) is 9.62. The normalized spacial score (nSPS) is 11.1. The summed E-state index contributed by atoms with van der Waals surface area (Å²) in [6.07, 6.45) is 0. The maximum atomic E-state index is 2.40. The van der Waals surface area contributed by atoms with Crippen molar-refractivity contribution in [2.75, 3.05) is 14.7 Å². The number of nitrogens with zero attached hydrogens (tertiary/aromatic N) is 3. The van der Waals surface area contributed by atoms with E-state index in [0.29, 0.717) is 0 Å². The van der Waals surface area contributed by atoms with Crippen molar-refractivity contribution in [1.82, 2.24) is 0 Å². The smallest absolute Gasteiger partial charge is 0.0476 e. The topological polar surface area (TPSA) is 9.72 Å². The quantitative estimate of drug-likeness (QED) is 0.121. The average Bonchev–Trinajstić information content (AvgIpc) is 3.80. The molecule has 0 bridgehead atoms. The molecule has 0 saturated heterocycles. The van der Waals surface area contributed by atoms with Crippen molar-refractivity contribution in [1.29, 1.82) is 0 Å². The maximum Gasteiger partial charge on any atom is 0.0476 e. The number of anilines is 9. The first kappa shape index (κ1) is 42.4. The van der Waals surface area contributed by atoms with E-state index in [1.807, 2.05) is 11.3 Å². The Labute approximate surface area is 413 Å². The standard InChI is InChI=1S/C66H47N3S/c1-6-18-48(19-7-1)51-32-34-56(35-33-51)68(59-30-16-24-52(44-59)49-20-8-2-9-21-49)57-36-38-58(39-37-57)69(60-31-17-25-53(45-60)50-22-10-3-11-23-50)62-40-42-63-64-46-61(41-43-65(64)70-66(63)47-62)67(54-26-12-4-13-27-54)55-28-14-5-15-29-55/h1-47H. The number of hydrogen-bond acceptors (Lipinski definition) is 4. The second-order valence-electron chi connectivity index (χ2n) is 17.4. The van der Waals surface area contributed by atoms with Crippen molar-refractivity contribution in [2.24, 2.45) is 0 Å². The summed E-state index contributed by atoms with van der Waals surface area (Å²) in [5.74, 6) is 0. The van der Waals surface area contributed by atoms with E-state index in [0.717, 1.165) is 51.2 Å². The first-order valence-corrected chi connectivity index (χ1v) is 24.6. The molecule has 11 aromatic carbocycles. The van der Waals surface area contributed by atoms with Gasteiger partial charge in [-0.05, 0) is 149 Å². The fourth-order valence-corrected chi connectivity index (χ4v) is 10.7. The SMILES string of the molecule is c1ccc(-c2ccc(N(c3ccc(N(c4cccc(-c5ccccc5)c4)c4ccc5c(c4)sc4ccc(N(c6ccccc6)c6ccccc6)cc45)cc3)c3cccc(-c4ccccc4)c3)cc2)cc1. The lowest BCUT2D eigenvalue weighted by molar-refractivity contribution is 1.26. The van der Waals surface area contributed by atoms with E-state index < -0.39 is 0 Å². The Morgan fingerprint density at radius 1 is 0.186 bits per heavy atom. The Bertz CT molecular complexity index is 3650. The van der Waals surface area contributed by atoms with E-state index in [-0.39, 0.29) is 0 Å². The van der Waals surface area contributed by atoms with Gasteiger partial charge in [0.1, 0.15) is 0 Å². The van der Waals surface area contributed by atoms with Crippen molar-refractivity contribution in [3.63, 3.8) is 0 Å². The molecule has 12 aromatic rings. The van der Waals surface area contributed by atoms with Gasteiger partial charge in [0.25, 0.3) is 0 Å². The molecule has 1 aromatic heterocycles. The van der Waals surface area contributed by atoms with Crippen LogP contribution in [0.3, 0.4) is 0 Å². The molecule has 0 N–H and O–H groups in total. The molecule has 0 radical (unpaired) electrons. The van der Waals surface area contributed by atoms with Crippen LogP contribution in [0.25, 0.3) is 53.6 Å². The zero-order valence-electron chi connectivity index (χ0n) is 38.4. The highest BCUT2D eigenvalue weighted by Gasteiger charge is 2.20. The monoisotopic (exact) mass is 913 g/mol. The van der Waals surface area contributed by atoms with Crippen LogP contribution in [0.2, 0.25) is 0 Å². The summed E-state index contributed by atoms with van der Waals surface area (Å²) < 4.78 is 2.49. The molecule has 0 aliphatic heterocycles. The molecule has 0 atom stereocenters. The van der Waals surface area contributed by atoms with E-state index >= 15 is 0 Å². The number of rotatable bonds is 12. The van der Waals surface area contributed by atoms with E-state index in [1.54, 1.807) is 0 Å². The maximum absolute atomic E-state index is 2.40. The van der Waals surface area contributed by atoms with Crippen molar-refractivity contribution in [3.05, 3.63) is 285 Å². The molecule has 0 aliphatic rings. The lowest BCUT2D eigenvalue weighted by atomic mass is 10.0. The van der Waals surface area contributed by atoms with Crippen LogP contribution < -0.4 is 14.7 Å². The molecule has 1 heterocycles. The predicted octanol–water partition coefficient (Wildman–Crippen LogP) is 19.5. The number of hydrogen-bond donors (Lipinski definition) is 0. The third-order valence-corrected chi connectivity index (χ3v) is 14.1. The summed E-state index contributed by atoms with van der Waals surface area (Å²) in [7, 11) is 0. The van der Waals surface area contributed by atoms with Gasteiger partial charge in [0.2, 0.25) is 0 Å². The molecular formula is C66H47N3S. The van der Waals surface area contributed by atoms with Crippen molar-refractivity contribution >= 4 is 82.7 Å². The molecule has 332 valence electrons. The van der Waals surface area contributed by atoms with Crippen LogP contribution in [0.5, 0.6) is 0 Å².